The van der Waals surface area contributed by atoms with Crippen molar-refractivity contribution in [1.82, 2.24) is 5.32 Å². The third-order valence-corrected chi connectivity index (χ3v) is 4.14. The number of benzene rings is 1. The third-order valence-electron chi connectivity index (χ3n) is 2.96. The molecule has 0 heterocycles. The van der Waals surface area contributed by atoms with Crippen molar-refractivity contribution in [3.05, 3.63) is 30.1 Å². The number of sulfonamides is 1. The Morgan fingerprint density at radius 2 is 1.86 bits per heavy atom. The molecule has 7 heteroatoms. The minimum absolute atomic E-state index is 0.275. The van der Waals surface area contributed by atoms with Crippen LogP contribution < -0.4 is 9.62 Å². The van der Waals surface area contributed by atoms with E-state index in [0.717, 1.165) is 17.0 Å². The average Bonchev–Trinajstić information content (AvgIpc) is 2.42. The summed E-state index contributed by atoms with van der Waals surface area (Å²) in [6.07, 6.45) is 2.11. The van der Waals surface area contributed by atoms with E-state index in [1.165, 1.54) is 24.3 Å². The molecule has 0 saturated heterocycles. The molecule has 1 amide bonds. The summed E-state index contributed by atoms with van der Waals surface area (Å²) in [5.41, 5.74) is 0.275. The van der Waals surface area contributed by atoms with Gasteiger partial charge in [-0.2, -0.15) is 0 Å². The monoisotopic (exact) mass is 316 g/mol. The van der Waals surface area contributed by atoms with Crippen LogP contribution >= 0.6 is 0 Å². The summed E-state index contributed by atoms with van der Waals surface area (Å²) in [6.45, 7) is 4.13. The average molecular weight is 316 g/mol. The predicted molar refractivity (Wildman–Crippen MR) is 81.1 cm³/mol. The summed E-state index contributed by atoms with van der Waals surface area (Å²) < 4.78 is 38.1. The molecule has 1 rings (SSSR count). The Morgan fingerprint density at radius 1 is 1.29 bits per heavy atom. The molecule has 0 bridgehead atoms. The first-order valence-corrected chi connectivity index (χ1v) is 8.68. The first kappa shape index (κ1) is 17.4. The second kappa shape index (κ2) is 7.40. The van der Waals surface area contributed by atoms with Crippen LogP contribution in [-0.4, -0.2) is 33.2 Å². The molecular weight excluding hydrogens is 295 g/mol. The van der Waals surface area contributed by atoms with E-state index in [-0.39, 0.29) is 11.6 Å². The summed E-state index contributed by atoms with van der Waals surface area (Å²) in [4.78, 5) is 12.2. The van der Waals surface area contributed by atoms with E-state index in [1.807, 2.05) is 6.92 Å². The maximum absolute atomic E-state index is 13.0. The Labute approximate surface area is 125 Å². The van der Waals surface area contributed by atoms with Crippen molar-refractivity contribution in [2.45, 2.75) is 32.7 Å². The zero-order chi connectivity index (χ0) is 16.0. The van der Waals surface area contributed by atoms with Crippen LogP contribution in [0, 0.1) is 5.82 Å². The zero-order valence-electron chi connectivity index (χ0n) is 12.5. The summed E-state index contributed by atoms with van der Waals surface area (Å²) in [7, 11) is -3.66. The van der Waals surface area contributed by atoms with Gasteiger partial charge in [-0.05, 0) is 37.1 Å². The lowest BCUT2D eigenvalue weighted by atomic mass is 10.2. The number of amides is 1. The highest BCUT2D eigenvalue weighted by molar-refractivity contribution is 7.92. The van der Waals surface area contributed by atoms with Gasteiger partial charge < -0.3 is 5.32 Å². The highest BCUT2D eigenvalue weighted by Crippen LogP contribution is 2.22. The minimum Gasteiger partial charge on any atom is -0.354 e. The quantitative estimate of drug-likeness (QED) is 0.835. The number of halogens is 1. The zero-order valence-corrected chi connectivity index (χ0v) is 13.3. The van der Waals surface area contributed by atoms with Crippen molar-refractivity contribution in [1.29, 1.82) is 0 Å². The highest BCUT2D eigenvalue weighted by atomic mass is 32.2. The van der Waals surface area contributed by atoms with Gasteiger partial charge in [-0.3, -0.25) is 9.10 Å². The van der Waals surface area contributed by atoms with Gasteiger partial charge in [-0.15, -0.1) is 0 Å². The fraction of sp³-hybridized carbons (Fsp3) is 0.500. The van der Waals surface area contributed by atoms with Crippen molar-refractivity contribution in [2.75, 3.05) is 17.1 Å². The molecule has 118 valence electrons. The van der Waals surface area contributed by atoms with Gasteiger partial charge in [0.15, 0.2) is 0 Å². The van der Waals surface area contributed by atoms with E-state index in [0.29, 0.717) is 13.0 Å². The van der Waals surface area contributed by atoms with E-state index >= 15 is 0 Å². The molecule has 1 aromatic carbocycles. The summed E-state index contributed by atoms with van der Waals surface area (Å²) in [6, 6.07) is 4.20. The molecule has 1 N–H and O–H groups in total. The fourth-order valence-corrected chi connectivity index (χ4v) is 3.23. The Kier molecular flexibility index (Phi) is 6.14. The van der Waals surface area contributed by atoms with Crippen LogP contribution in [0.2, 0.25) is 0 Å². The van der Waals surface area contributed by atoms with E-state index in [9.17, 15) is 17.6 Å². The number of nitrogens with one attached hydrogen (secondary N) is 1. The molecule has 5 nitrogen and oxygen atoms in total. The van der Waals surface area contributed by atoms with E-state index in [4.69, 9.17) is 0 Å². The smallest absolute Gasteiger partial charge is 0.243 e. The Bertz CT molecular complexity index is 572. The van der Waals surface area contributed by atoms with Crippen molar-refractivity contribution in [3.63, 3.8) is 0 Å². The summed E-state index contributed by atoms with van der Waals surface area (Å²) >= 11 is 0. The molecular formula is C14H21FN2O3S. The molecule has 1 atom stereocenters. The van der Waals surface area contributed by atoms with Gasteiger partial charge in [0.2, 0.25) is 15.9 Å². The molecule has 0 spiro atoms. The fourth-order valence-electron chi connectivity index (χ4n) is 2.01. The van der Waals surface area contributed by atoms with Crippen LogP contribution in [0.15, 0.2) is 24.3 Å². The van der Waals surface area contributed by atoms with Gasteiger partial charge in [-0.25, -0.2) is 12.8 Å². The molecule has 0 fully saturated rings. The Morgan fingerprint density at radius 3 is 2.29 bits per heavy atom. The highest BCUT2D eigenvalue weighted by Gasteiger charge is 2.31. The second-order valence-corrected chi connectivity index (χ2v) is 6.61. The minimum atomic E-state index is -3.66. The van der Waals surface area contributed by atoms with Crippen molar-refractivity contribution in [2.24, 2.45) is 0 Å². The number of nitrogens with zero attached hydrogens (tertiary/aromatic N) is 1. The number of anilines is 1. The van der Waals surface area contributed by atoms with Gasteiger partial charge in [0.05, 0.1) is 11.9 Å². The first-order valence-electron chi connectivity index (χ1n) is 6.84. The van der Waals surface area contributed by atoms with Gasteiger partial charge in [0.1, 0.15) is 11.9 Å². The number of carbonyl (C=O) groups is 1. The predicted octanol–water partition coefficient (Wildman–Crippen LogP) is 1.90. The number of hydrogen-bond donors (Lipinski definition) is 1. The molecule has 0 aliphatic rings. The standard InChI is InChI=1S/C14H21FN2O3S/c1-4-10-16-14(18)13(5-2)17(21(3,19)20)12-8-6-11(15)7-9-12/h6-9,13H,4-5,10H2,1-3H3,(H,16,18). The van der Waals surface area contributed by atoms with Crippen LogP contribution in [-0.2, 0) is 14.8 Å². The topological polar surface area (TPSA) is 66.5 Å². The van der Waals surface area contributed by atoms with Gasteiger partial charge >= 0.3 is 0 Å². The molecule has 1 unspecified atom stereocenters. The van der Waals surface area contributed by atoms with Gasteiger partial charge in [0, 0.05) is 6.54 Å². The van der Waals surface area contributed by atoms with Gasteiger partial charge in [0.25, 0.3) is 0 Å². The molecule has 0 aliphatic carbocycles. The molecule has 0 saturated carbocycles. The maximum Gasteiger partial charge on any atom is 0.243 e. The van der Waals surface area contributed by atoms with Crippen LogP contribution in [0.1, 0.15) is 26.7 Å². The van der Waals surface area contributed by atoms with Crippen LogP contribution in [0.25, 0.3) is 0 Å². The lowest BCUT2D eigenvalue weighted by Crippen LogP contribution is -2.49. The van der Waals surface area contributed by atoms with Gasteiger partial charge in [-0.1, -0.05) is 13.8 Å². The molecule has 0 aliphatic heterocycles. The first-order chi connectivity index (χ1) is 9.81. The molecule has 0 radical (unpaired) electrons. The Balaban J connectivity index is 3.17. The second-order valence-electron chi connectivity index (χ2n) is 4.75. The number of rotatable bonds is 7. The van der Waals surface area contributed by atoms with Crippen molar-refractivity contribution < 1.29 is 17.6 Å². The largest absolute Gasteiger partial charge is 0.354 e. The summed E-state index contributed by atoms with van der Waals surface area (Å²) in [5.74, 6) is -0.815. The third kappa shape index (κ3) is 4.70. The summed E-state index contributed by atoms with van der Waals surface area (Å²) in [5, 5.41) is 2.70. The molecule has 21 heavy (non-hydrogen) atoms. The van der Waals surface area contributed by atoms with E-state index in [1.54, 1.807) is 6.92 Å². The van der Waals surface area contributed by atoms with Crippen LogP contribution in [0.3, 0.4) is 0 Å². The lowest BCUT2D eigenvalue weighted by Gasteiger charge is -2.30. The Hall–Kier alpha value is -1.63. The SMILES string of the molecule is CCCNC(=O)C(CC)N(c1ccc(F)cc1)S(C)(=O)=O. The maximum atomic E-state index is 13.0. The van der Waals surface area contributed by atoms with Crippen molar-refractivity contribution >= 4 is 21.6 Å². The van der Waals surface area contributed by atoms with Crippen LogP contribution in [0.5, 0.6) is 0 Å². The molecule has 1 aromatic rings. The molecule has 0 aromatic heterocycles. The van der Waals surface area contributed by atoms with Crippen molar-refractivity contribution in [3.8, 4) is 0 Å². The number of carbonyl (C=O) groups excluding carboxylic acids is 1. The van der Waals surface area contributed by atoms with E-state index in [2.05, 4.69) is 5.32 Å². The van der Waals surface area contributed by atoms with E-state index < -0.39 is 21.9 Å². The normalized spacial score (nSPS) is 12.8. The number of hydrogen-bond acceptors (Lipinski definition) is 3. The lowest BCUT2D eigenvalue weighted by molar-refractivity contribution is -0.122. The van der Waals surface area contributed by atoms with Crippen LogP contribution in [0.4, 0.5) is 10.1 Å².